The third-order valence-corrected chi connectivity index (χ3v) is 7.81. The van der Waals surface area contributed by atoms with Crippen molar-refractivity contribution in [2.75, 3.05) is 13.2 Å². The van der Waals surface area contributed by atoms with Crippen LogP contribution in [0.4, 0.5) is 0 Å². The molecule has 0 saturated heterocycles. The first-order valence-electron chi connectivity index (χ1n) is 15.7. The van der Waals surface area contributed by atoms with Gasteiger partial charge in [-0.1, -0.05) is 89.0 Å². The van der Waals surface area contributed by atoms with Crippen LogP contribution in [0, 0.1) is 11.3 Å². The normalized spacial score (nSPS) is 14.9. The fourth-order valence-corrected chi connectivity index (χ4v) is 5.31. The van der Waals surface area contributed by atoms with Crippen LogP contribution in [0.1, 0.15) is 130 Å². The average Bonchev–Trinajstić information content (AvgIpc) is 2.90. The van der Waals surface area contributed by atoms with E-state index in [-0.39, 0.29) is 18.6 Å². The number of carbonyl (C=O) groups is 3. The zero-order valence-corrected chi connectivity index (χ0v) is 25.8. The molecule has 40 heavy (non-hydrogen) atoms. The molecule has 226 valence electrons. The van der Waals surface area contributed by atoms with Gasteiger partial charge in [-0.15, -0.1) is 13.2 Å². The molecule has 0 saturated carbocycles. The van der Waals surface area contributed by atoms with Gasteiger partial charge in [-0.3, -0.25) is 14.4 Å². The molecule has 0 amide bonds. The van der Waals surface area contributed by atoms with Crippen molar-refractivity contribution >= 4 is 17.7 Å². The number of carbonyl (C=O) groups excluding carboxylic acids is 3. The van der Waals surface area contributed by atoms with E-state index in [0.29, 0.717) is 12.8 Å². The van der Waals surface area contributed by atoms with Crippen molar-refractivity contribution < 1.29 is 23.9 Å². The average molecular weight is 557 g/mol. The zero-order chi connectivity index (χ0) is 29.6. The third kappa shape index (κ3) is 14.8. The molecule has 0 heterocycles. The van der Waals surface area contributed by atoms with Crippen LogP contribution in [-0.4, -0.2) is 30.9 Å². The Morgan fingerprint density at radius 3 is 1.68 bits per heavy atom. The summed E-state index contributed by atoms with van der Waals surface area (Å²) in [5.41, 5.74) is 2.30. The summed E-state index contributed by atoms with van der Waals surface area (Å²) in [6.07, 6.45) is 24.7. The number of ketones is 1. The van der Waals surface area contributed by atoms with E-state index in [9.17, 15) is 14.4 Å². The van der Waals surface area contributed by atoms with Gasteiger partial charge in [0.05, 0.1) is 13.2 Å². The van der Waals surface area contributed by atoms with Gasteiger partial charge in [0.25, 0.3) is 0 Å². The lowest BCUT2D eigenvalue weighted by molar-refractivity contribution is -0.163. The number of ether oxygens (including phenoxy) is 2. The molecule has 0 aromatic rings. The summed E-state index contributed by atoms with van der Waals surface area (Å²) < 4.78 is 10.8. The molecule has 0 aliphatic heterocycles. The molecule has 1 aliphatic carbocycles. The zero-order valence-electron chi connectivity index (χ0n) is 25.8. The number of rotatable bonds is 23. The van der Waals surface area contributed by atoms with Crippen molar-refractivity contribution in [3.8, 4) is 0 Å². The fraction of sp³-hybridized carbons (Fsp3) is 0.686. The lowest BCUT2D eigenvalue weighted by Gasteiger charge is -2.32. The molecule has 0 unspecified atom stereocenters. The topological polar surface area (TPSA) is 69.7 Å². The van der Waals surface area contributed by atoms with Gasteiger partial charge in [0.15, 0.2) is 5.78 Å². The molecule has 0 fully saturated rings. The van der Waals surface area contributed by atoms with E-state index in [4.69, 9.17) is 9.47 Å². The minimum Gasteiger partial charge on any atom is -0.465 e. The molecule has 5 nitrogen and oxygen atoms in total. The molecule has 0 aromatic carbocycles. The molecule has 0 spiro atoms. The van der Waals surface area contributed by atoms with Crippen LogP contribution >= 0.6 is 0 Å². The second kappa shape index (κ2) is 21.3. The van der Waals surface area contributed by atoms with E-state index in [1.54, 1.807) is 6.08 Å². The smallest absolute Gasteiger partial charge is 0.328 e. The van der Waals surface area contributed by atoms with Crippen LogP contribution in [-0.2, 0) is 23.9 Å². The van der Waals surface area contributed by atoms with Crippen molar-refractivity contribution in [1.29, 1.82) is 0 Å². The standard InChI is InChI=1S/C35H56O5/c1-6-8-10-12-14-16-18-20-27-39-33(37)32(34(38)40-28-21-19-17-15-13-11-9-7-2)31(36)25-24-30-29(3)23-22-26-35(30,4)5/h6-7,24-25,32H,1-2,8-23,26-28H2,3-5H3. The van der Waals surface area contributed by atoms with E-state index in [0.717, 1.165) is 89.0 Å². The van der Waals surface area contributed by atoms with Crippen LogP contribution in [0.5, 0.6) is 0 Å². The van der Waals surface area contributed by atoms with Crippen molar-refractivity contribution in [3.63, 3.8) is 0 Å². The first-order chi connectivity index (χ1) is 19.2. The van der Waals surface area contributed by atoms with E-state index in [1.807, 2.05) is 12.2 Å². The number of unbranched alkanes of at least 4 members (excludes halogenated alkanes) is 12. The Morgan fingerprint density at radius 2 is 1.23 bits per heavy atom. The van der Waals surface area contributed by atoms with E-state index >= 15 is 0 Å². The monoisotopic (exact) mass is 556 g/mol. The van der Waals surface area contributed by atoms with Gasteiger partial charge in [0.2, 0.25) is 5.92 Å². The summed E-state index contributed by atoms with van der Waals surface area (Å²) in [5.74, 6) is -3.74. The SMILES string of the molecule is C=CCCCCCCCCOC(=O)C(C(=O)C=CC1=C(C)CCCC1(C)C)C(=O)OCCCCCCCCC=C. The third-order valence-electron chi connectivity index (χ3n) is 7.81. The highest BCUT2D eigenvalue weighted by Gasteiger charge is 2.36. The molecular weight excluding hydrogens is 500 g/mol. The van der Waals surface area contributed by atoms with Crippen LogP contribution in [0.15, 0.2) is 48.6 Å². The molecule has 1 aliphatic rings. The fourth-order valence-electron chi connectivity index (χ4n) is 5.31. The maximum Gasteiger partial charge on any atom is 0.328 e. The summed E-state index contributed by atoms with van der Waals surface area (Å²) in [4.78, 5) is 39.0. The Morgan fingerprint density at radius 1 is 0.775 bits per heavy atom. The summed E-state index contributed by atoms with van der Waals surface area (Å²) >= 11 is 0. The Kier molecular flexibility index (Phi) is 19.0. The first-order valence-corrected chi connectivity index (χ1v) is 15.7. The quantitative estimate of drug-likeness (QED) is 0.0412. The van der Waals surface area contributed by atoms with Gasteiger partial charge in [-0.25, -0.2) is 0 Å². The highest BCUT2D eigenvalue weighted by atomic mass is 16.6. The van der Waals surface area contributed by atoms with Crippen LogP contribution in [0.3, 0.4) is 0 Å². The van der Waals surface area contributed by atoms with Gasteiger partial charge in [0.1, 0.15) is 0 Å². The number of esters is 2. The van der Waals surface area contributed by atoms with Gasteiger partial charge in [-0.2, -0.15) is 0 Å². The van der Waals surface area contributed by atoms with Crippen LogP contribution < -0.4 is 0 Å². The highest BCUT2D eigenvalue weighted by Crippen LogP contribution is 2.40. The number of hydrogen-bond donors (Lipinski definition) is 0. The van der Waals surface area contributed by atoms with E-state index < -0.39 is 23.6 Å². The summed E-state index contributed by atoms with van der Waals surface area (Å²) in [6, 6.07) is 0. The molecular formula is C35H56O5. The predicted octanol–water partition coefficient (Wildman–Crippen LogP) is 9.17. The highest BCUT2D eigenvalue weighted by molar-refractivity contribution is 6.18. The maximum absolute atomic E-state index is 13.2. The second-order valence-electron chi connectivity index (χ2n) is 11.8. The van der Waals surface area contributed by atoms with Crippen molar-refractivity contribution in [2.24, 2.45) is 11.3 Å². The number of allylic oxidation sites excluding steroid dienone is 6. The molecule has 0 aromatic heterocycles. The summed E-state index contributed by atoms with van der Waals surface area (Å²) in [6.45, 7) is 14.3. The van der Waals surface area contributed by atoms with E-state index in [1.165, 1.54) is 24.5 Å². The molecule has 0 atom stereocenters. The largest absolute Gasteiger partial charge is 0.465 e. The van der Waals surface area contributed by atoms with E-state index in [2.05, 4.69) is 33.9 Å². The minimum atomic E-state index is -1.57. The summed E-state index contributed by atoms with van der Waals surface area (Å²) in [7, 11) is 0. The summed E-state index contributed by atoms with van der Waals surface area (Å²) in [5, 5.41) is 0. The molecule has 1 rings (SSSR count). The van der Waals surface area contributed by atoms with Gasteiger partial charge in [-0.05, 0) is 81.8 Å². The second-order valence-corrected chi connectivity index (χ2v) is 11.8. The number of hydrogen-bond acceptors (Lipinski definition) is 5. The van der Waals surface area contributed by atoms with Crippen molar-refractivity contribution in [1.82, 2.24) is 0 Å². The van der Waals surface area contributed by atoms with Gasteiger partial charge in [0, 0.05) is 0 Å². The Hall–Kier alpha value is -2.43. The molecule has 5 heteroatoms. The minimum absolute atomic E-state index is 0.0486. The van der Waals surface area contributed by atoms with Gasteiger partial charge >= 0.3 is 11.9 Å². The lowest BCUT2D eigenvalue weighted by atomic mass is 9.72. The lowest BCUT2D eigenvalue weighted by Crippen LogP contribution is -2.34. The van der Waals surface area contributed by atoms with Crippen molar-refractivity contribution in [3.05, 3.63) is 48.6 Å². The molecule has 0 radical (unpaired) electrons. The Bertz CT molecular complexity index is 810. The Balaban J connectivity index is 2.67. The molecule has 0 bridgehead atoms. The molecule has 0 N–H and O–H groups in total. The predicted molar refractivity (Wildman–Crippen MR) is 165 cm³/mol. The first kappa shape index (κ1) is 35.6. The van der Waals surface area contributed by atoms with Crippen LogP contribution in [0.25, 0.3) is 0 Å². The van der Waals surface area contributed by atoms with Crippen molar-refractivity contribution in [2.45, 2.75) is 130 Å². The van der Waals surface area contributed by atoms with Gasteiger partial charge < -0.3 is 9.47 Å². The van der Waals surface area contributed by atoms with Crippen LogP contribution in [0.2, 0.25) is 0 Å². The maximum atomic E-state index is 13.2. The Labute approximate surface area is 244 Å².